The van der Waals surface area contributed by atoms with E-state index in [1.807, 2.05) is 0 Å². The Morgan fingerprint density at radius 3 is 1.45 bits per heavy atom. The largest absolute Gasteiger partial charge is 0.0757 e. The van der Waals surface area contributed by atoms with Gasteiger partial charge in [0.05, 0.1) is 0 Å². The van der Waals surface area contributed by atoms with Crippen molar-refractivity contribution in [2.45, 2.75) is 11.8 Å². The summed E-state index contributed by atoms with van der Waals surface area (Å²) in [5.74, 6) is 0.881. The Morgan fingerprint density at radius 1 is 0.500 bits per heavy atom. The Morgan fingerprint density at radius 2 is 0.950 bits per heavy atom. The van der Waals surface area contributed by atoms with Crippen LogP contribution in [0.4, 0.5) is 0 Å². The zero-order chi connectivity index (χ0) is 13.1. The summed E-state index contributed by atoms with van der Waals surface area (Å²) < 4.78 is 0. The van der Waals surface area contributed by atoms with Gasteiger partial charge in [-0.1, -0.05) is 60.7 Å². The van der Waals surface area contributed by atoms with E-state index < -0.39 is 0 Å². The Bertz CT molecular complexity index is 799. The van der Waals surface area contributed by atoms with Gasteiger partial charge in [0.2, 0.25) is 0 Å². The molecule has 2 atom stereocenters. The molecule has 0 fully saturated rings. The molecule has 3 aromatic carbocycles. The second-order valence-electron chi connectivity index (χ2n) is 5.80. The second-order valence-corrected chi connectivity index (χ2v) is 5.80. The summed E-state index contributed by atoms with van der Waals surface area (Å²) in [7, 11) is 0. The van der Waals surface area contributed by atoms with Crippen molar-refractivity contribution in [1.82, 2.24) is 0 Å². The van der Waals surface area contributed by atoms with Crippen LogP contribution in [0.2, 0.25) is 0 Å². The Balaban J connectivity index is 1.86. The van der Waals surface area contributed by atoms with Gasteiger partial charge < -0.3 is 0 Å². The summed E-state index contributed by atoms with van der Waals surface area (Å²) >= 11 is 0. The number of rotatable bonds is 0. The molecule has 6 rings (SSSR count). The lowest BCUT2D eigenvalue weighted by molar-refractivity contribution is 0.814. The standard InChI is InChI=1S/C20H14/c1-2-6-14-12-20-18-10-9-17(19(20)11-13(14)5-1)15-7-3-4-8-16(15)18/h1-12,17-18H. The maximum atomic E-state index is 2.39. The third kappa shape index (κ3) is 1.21. The molecule has 0 amide bonds. The van der Waals surface area contributed by atoms with E-state index in [0.717, 1.165) is 0 Å². The van der Waals surface area contributed by atoms with Gasteiger partial charge in [0.25, 0.3) is 0 Å². The van der Waals surface area contributed by atoms with Crippen LogP contribution in [0.15, 0.2) is 72.8 Å². The fourth-order valence-corrected chi connectivity index (χ4v) is 3.86. The van der Waals surface area contributed by atoms with E-state index in [-0.39, 0.29) is 0 Å². The van der Waals surface area contributed by atoms with Crippen molar-refractivity contribution in [2.24, 2.45) is 0 Å². The Kier molecular flexibility index (Phi) is 1.88. The van der Waals surface area contributed by atoms with Crippen LogP contribution in [-0.4, -0.2) is 0 Å². The summed E-state index contributed by atoms with van der Waals surface area (Å²) in [5.41, 5.74) is 5.97. The highest BCUT2D eigenvalue weighted by molar-refractivity contribution is 5.86. The molecule has 20 heavy (non-hydrogen) atoms. The molecule has 0 heteroatoms. The molecule has 0 N–H and O–H groups in total. The first kappa shape index (κ1) is 10.4. The van der Waals surface area contributed by atoms with Crippen molar-refractivity contribution >= 4 is 10.8 Å². The topological polar surface area (TPSA) is 0 Å². The highest BCUT2D eigenvalue weighted by Gasteiger charge is 2.33. The van der Waals surface area contributed by atoms with Crippen LogP contribution in [0, 0.1) is 0 Å². The first-order valence-electron chi connectivity index (χ1n) is 7.21. The highest BCUT2D eigenvalue weighted by Crippen LogP contribution is 2.49. The molecule has 2 bridgehead atoms. The normalized spacial score (nSPS) is 21.8. The number of fused-ring (bicyclic) bond motifs is 1. The van der Waals surface area contributed by atoms with Gasteiger partial charge in [0.1, 0.15) is 0 Å². The Hall–Kier alpha value is -2.34. The summed E-state index contributed by atoms with van der Waals surface area (Å²) in [6.45, 7) is 0. The fraction of sp³-hybridized carbons (Fsp3) is 0.100. The average molecular weight is 254 g/mol. The third-order valence-corrected chi connectivity index (χ3v) is 4.78. The van der Waals surface area contributed by atoms with Crippen LogP contribution in [0.25, 0.3) is 10.8 Å². The highest BCUT2D eigenvalue weighted by atomic mass is 14.4. The van der Waals surface area contributed by atoms with E-state index in [0.29, 0.717) is 11.8 Å². The van der Waals surface area contributed by atoms with Crippen molar-refractivity contribution < 1.29 is 0 Å². The van der Waals surface area contributed by atoms with E-state index in [9.17, 15) is 0 Å². The van der Waals surface area contributed by atoms with Gasteiger partial charge >= 0.3 is 0 Å². The SMILES string of the molecule is C1=CC2c3ccccc3C1c1cc3ccccc3cc12. The molecule has 94 valence electrons. The van der Waals surface area contributed by atoms with E-state index in [1.54, 1.807) is 0 Å². The van der Waals surface area contributed by atoms with Gasteiger partial charge in [0, 0.05) is 11.8 Å². The molecule has 0 heterocycles. The van der Waals surface area contributed by atoms with Gasteiger partial charge in [-0.05, 0) is 45.2 Å². The minimum atomic E-state index is 0.441. The van der Waals surface area contributed by atoms with Crippen molar-refractivity contribution in [3.05, 3.63) is 95.1 Å². The first-order chi connectivity index (χ1) is 9.92. The molecule has 3 aliphatic rings. The molecular weight excluding hydrogens is 240 g/mol. The smallest absolute Gasteiger partial charge is 0.0276 e. The summed E-state index contributed by atoms with van der Waals surface area (Å²) in [6, 6.07) is 22.4. The van der Waals surface area contributed by atoms with Gasteiger partial charge in [-0.3, -0.25) is 0 Å². The van der Waals surface area contributed by atoms with Crippen molar-refractivity contribution in [2.75, 3.05) is 0 Å². The summed E-state index contributed by atoms with van der Waals surface area (Å²) in [4.78, 5) is 0. The van der Waals surface area contributed by atoms with E-state index in [4.69, 9.17) is 0 Å². The maximum absolute atomic E-state index is 2.39. The van der Waals surface area contributed by atoms with Gasteiger partial charge in [-0.25, -0.2) is 0 Å². The minimum absolute atomic E-state index is 0.441. The molecule has 0 aliphatic heterocycles. The van der Waals surface area contributed by atoms with Crippen LogP contribution < -0.4 is 0 Å². The zero-order valence-corrected chi connectivity index (χ0v) is 11.1. The molecule has 0 spiro atoms. The lowest BCUT2D eigenvalue weighted by Gasteiger charge is -2.36. The molecule has 0 nitrogen and oxygen atoms in total. The number of allylic oxidation sites excluding steroid dienone is 2. The molecule has 0 saturated carbocycles. The predicted octanol–water partition coefficient (Wildman–Crippen LogP) is 4.99. The van der Waals surface area contributed by atoms with Crippen LogP contribution >= 0.6 is 0 Å². The second kappa shape index (κ2) is 3.61. The number of hydrogen-bond donors (Lipinski definition) is 0. The monoisotopic (exact) mass is 254 g/mol. The zero-order valence-electron chi connectivity index (χ0n) is 11.1. The molecule has 0 saturated heterocycles. The van der Waals surface area contributed by atoms with E-state index in [2.05, 4.69) is 72.8 Å². The maximum Gasteiger partial charge on any atom is 0.0276 e. The van der Waals surface area contributed by atoms with Crippen molar-refractivity contribution in [1.29, 1.82) is 0 Å². The summed E-state index contributed by atoms with van der Waals surface area (Å²) in [6.07, 6.45) is 4.76. The quantitative estimate of drug-likeness (QED) is 0.496. The molecule has 3 aromatic rings. The van der Waals surface area contributed by atoms with Crippen LogP contribution in [0.3, 0.4) is 0 Å². The van der Waals surface area contributed by atoms with Gasteiger partial charge in [0.15, 0.2) is 0 Å². The number of benzene rings is 3. The fourth-order valence-electron chi connectivity index (χ4n) is 3.86. The average Bonchev–Trinajstić information content (AvgIpc) is 2.53. The van der Waals surface area contributed by atoms with Crippen LogP contribution in [0.5, 0.6) is 0 Å². The van der Waals surface area contributed by atoms with Crippen LogP contribution in [-0.2, 0) is 0 Å². The molecular formula is C20H14. The molecule has 3 aliphatic carbocycles. The lowest BCUT2D eigenvalue weighted by Crippen LogP contribution is -2.20. The Labute approximate surface area is 118 Å². The van der Waals surface area contributed by atoms with Crippen molar-refractivity contribution in [3.63, 3.8) is 0 Å². The molecule has 0 radical (unpaired) electrons. The summed E-state index contributed by atoms with van der Waals surface area (Å²) in [5, 5.41) is 2.70. The van der Waals surface area contributed by atoms with Crippen LogP contribution in [0.1, 0.15) is 34.1 Å². The third-order valence-electron chi connectivity index (χ3n) is 4.78. The lowest BCUT2D eigenvalue weighted by atomic mass is 9.67. The van der Waals surface area contributed by atoms with E-state index >= 15 is 0 Å². The molecule has 2 unspecified atom stereocenters. The van der Waals surface area contributed by atoms with Gasteiger partial charge in [-0.2, -0.15) is 0 Å². The van der Waals surface area contributed by atoms with Gasteiger partial charge in [-0.15, -0.1) is 0 Å². The number of hydrogen-bond acceptors (Lipinski definition) is 0. The molecule has 0 aromatic heterocycles. The van der Waals surface area contributed by atoms with E-state index in [1.165, 1.54) is 33.0 Å². The predicted molar refractivity (Wildman–Crippen MR) is 83.2 cm³/mol. The minimum Gasteiger partial charge on any atom is -0.0757 e. The first-order valence-corrected chi connectivity index (χ1v) is 7.21. The van der Waals surface area contributed by atoms with Crippen molar-refractivity contribution in [3.8, 4) is 0 Å².